The zero-order valence-corrected chi connectivity index (χ0v) is 16.3. The number of sulfonamides is 1. The normalized spacial score (nSPS) is 21.0. The molecule has 0 bridgehead atoms. The second-order valence-corrected chi connectivity index (χ2v) is 11.4. The third-order valence-corrected chi connectivity index (χ3v) is 9.71. The van der Waals surface area contributed by atoms with Crippen LogP contribution in [0.1, 0.15) is 37.7 Å². The molecule has 8 heteroatoms. The number of rotatable bonds is 5. The predicted molar refractivity (Wildman–Crippen MR) is 96.1 cm³/mol. The van der Waals surface area contributed by atoms with E-state index in [0.717, 1.165) is 24.8 Å². The number of nitrogens with zero attached hydrogens (tertiary/aromatic N) is 1. The van der Waals surface area contributed by atoms with E-state index in [4.69, 9.17) is 4.74 Å². The van der Waals surface area contributed by atoms with Gasteiger partial charge in [0.1, 0.15) is 10.6 Å². The van der Waals surface area contributed by atoms with Crippen LogP contribution in [0.3, 0.4) is 0 Å². The minimum absolute atomic E-state index is 0.0399. The highest BCUT2D eigenvalue weighted by molar-refractivity contribution is 7.93. The molecule has 0 N–H and O–H groups in total. The fourth-order valence-electron chi connectivity index (χ4n) is 3.60. The van der Waals surface area contributed by atoms with E-state index in [-0.39, 0.29) is 29.0 Å². The van der Waals surface area contributed by atoms with Crippen LogP contribution < -0.4 is 4.74 Å². The molecule has 0 unspecified atom stereocenters. The minimum Gasteiger partial charge on any atom is -0.495 e. The smallest absolute Gasteiger partial charge is 0.246 e. The zero-order chi connectivity index (χ0) is 18.2. The summed E-state index contributed by atoms with van der Waals surface area (Å²) in [7, 11) is -5.58. The Morgan fingerprint density at radius 3 is 2.24 bits per heavy atom. The summed E-state index contributed by atoms with van der Waals surface area (Å²) in [6, 6.07) is 4.97. The van der Waals surface area contributed by atoms with E-state index in [2.05, 4.69) is 0 Å². The Morgan fingerprint density at radius 1 is 1.00 bits per heavy atom. The molecule has 1 heterocycles. The molecule has 25 heavy (non-hydrogen) atoms. The summed E-state index contributed by atoms with van der Waals surface area (Å²) in [5.41, 5.74) is 0.811. The summed E-state index contributed by atoms with van der Waals surface area (Å²) in [6.07, 6.45) is 4.39. The van der Waals surface area contributed by atoms with Gasteiger partial charge in [0.2, 0.25) is 10.0 Å². The second kappa shape index (κ2) is 6.89. The molecule has 1 saturated carbocycles. The van der Waals surface area contributed by atoms with Gasteiger partial charge in [-0.15, -0.1) is 0 Å². The molecular formula is C17H25NO5S2. The molecule has 6 nitrogen and oxygen atoms in total. The Bertz CT molecular complexity index is 836. The fraction of sp³-hybridized carbons (Fsp3) is 0.647. The highest BCUT2D eigenvalue weighted by Crippen LogP contribution is 2.34. The molecule has 1 aromatic rings. The van der Waals surface area contributed by atoms with Gasteiger partial charge < -0.3 is 4.74 Å². The molecule has 0 aromatic heterocycles. The maximum atomic E-state index is 12.8. The average molecular weight is 388 g/mol. The van der Waals surface area contributed by atoms with Gasteiger partial charge in [-0.1, -0.05) is 25.3 Å². The van der Waals surface area contributed by atoms with E-state index in [1.54, 1.807) is 18.2 Å². The van der Waals surface area contributed by atoms with Crippen molar-refractivity contribution < 1.29 is 21.6 Å². The Hall–Kier alpha value is -1.12. The second-order valence-electron chi connectivity index (χ2n) is 6.95. The number of methoxy groups -OCH3 is 1. The van der Waals surface area contributed by atoms with Crippen molar-refractivity contribution in [2.24, 2.45) is 0 Å². The zero-order valence-electron chi connectivity index (χ0n) is 14.6. The average Bonchev–Trinajstić information content (AvgIpc) is 2.53. The van der Waals surface area contributed by atoms with Crippen LogP contribution in [0.4, 0.5) is 0 Å². The van der Waals surface area contributed by atoms with Crippen molar-refractivity contribution >= 4 is 19.9 Å². The quantitative estimate of drug-likeness (QED) is 0.773. The SMILES string of the molecule is COc1ccc(C)cc1S(=O)(=O)N1CC(S(=O)(=O)C2CCCCC2)C1. The summed E-state index contributed by atoms with van der Waals surface area (Å²) in [6.45, 7) is 1.89. The first kappa shape index (κ1) is 18.7. The number of hydrogen-bond donors (Lipinski definition) is 0. The van der Waals surface area contributed by atoms with Crippen LogP contribution >= 0.6 is 0 Å². The summed E-state index contributed by atoms with van der Waals surface area (Å²) >= 11 is 0. The van der Waals surface area contributed by atoms with E-state index >= 15 is 0 Å². The van der Waals surface area contributed by atoms with Crippen LogP contribution in [-0.4, -0.2) is 51.8 Å². The lowest BCUT2D eigenvalue weighted by atomic mass is 10.0. The van der Waals surface area contributed by atoms with Gasteiger partial charge in [0.25, 0.3) is 0 Å². The molecule has 0 radical (unpaired) electrons. The van der Waals surface area contributed by atoms with Crippen LogP contribution in [0.25, 0.3) is 0 Å². The molecule has 3 rings (SSSR count). The van der Waals surface area contributed by atoms with Crippen LogP contribution in [0.5, 0.6) is 5.75 Å². The van der Waals surface area contributed by atoms with Crippen molar-refractivity contribution in [3.63, 3.8) is 0 Å². The van der Waals surface area contributed by atoms with Gasteiger partial charge in [-0.2, -0.15) is 4.31 Å². The standard InChI is InChI=1S/C17H25NO5S2/c1-13-8-9-16(23-2)17(10-13)25(21,22)18-11-15(12-18)24(19,20)14-6-4-3-5-7-14/h8-10,14-15H,3-7,11-12H2,1-2H3. The summed E-state index contributed by atoms with van der Waals surface area (Å²) in [4.78, 5) is 0.100. The third kappa shape index (κ3) is 3.44. The first-order valence-corrected chi connectivity index (χ1v) is 11.7. The maximum Gasteiger partial charge on any atom is 0.246 e. The lowest BCUT2D eigenvalue weighted by Crippen LogP contribution is -2.58. The molecule has 1 aliphatic heterocycles. The molecule has 1 saturated heterocycles. The monoisotopic (exact) mass is 387 g/mol. The van der Waals surface area contributed by atoms with Crippen molar-refractivity contribution in [1.82, 2.24) is 4.31 Å². The maximum absolute atomic E-state index is 12.8. The van der Waals surface area contributed by atoms with Gasteiger partial charge >= 0.3 is 0 Å². The molecular weight excluding hydrogens is 362 g/mol. The van der Waals surface area contributed by atoms with Crippen LogP contribution in [0, 0.1) is 6.92 Å². The Labute approximate surface area is 150 Å². The number of aryl methyl sites for hydroxylation is 1. The van der Waals surface area contributed by atoms with E-state index < -0.39 is 25.1 Å². The molecule has 0 spiro atoms. The van der Waals surface area contributed by atoms with Crippen molar-refractivity contribution in [1.29, 1.82) is 0 Å². The third-order valence-electron chi connectivity index (χ3n) is 5.23. The summed E-state index contributed by atoms with van der Waals surface area (Å²) < 4.78 is 57.5. The highest BCUT2D eigenvalue weighted by Gasteiger charge is 2.47. The minimum atomic E-state index is -3.75. The molecule has 0 amide bonds. The van der Waals surface area contributed by atoms with Gasteiger partial charge in [0.15, 0.2) is 9.84 Å². The molecule has 140 valence electrons. The molecule has 2 fully saturated rings. The molecule has 2 aliphatic rings. The topological polar surface area (TPSA) is 80.8 Å². The Kier molecular flexibility index (Phi) is 5.14. The first-order chi connectivity index (χ1) is 11.8. The van der Waals surface area contributed by atoms with E-state index in [1.165, 1.54) is 11.4 Å². The lowest BCUT2D eigenvalue weighted by Gasteiger charge is -2.40. The van der Waals surface area contributed by atoms with Gasteiger partial charge in [0, 0.05) is 13.1 Å². The van der Waals surface area contributed by atoms with Crippen LogP contribution in [0.2, 0.25) is 0 Å². The van der Waals surface area contributed by atoms with Gasteiger partial charge in [0.05, 0.1) is 17.6 Å². The van der Waals surface area contributed by atoms with Crippen molar-refractivity contribution in [2.75, 3.05) is 20.2 Å². The fourth-order valence-corrected chi connectivity index (χ4v) is 7.87. The van der Waals surface area contributed by atoms with E-state index in [9.17, 15) is 16.8 Å². The highest BCUT2D eigenvalue weighted by atomic mass is 32.2. The summed E-state index contributed by atoms with van der Waals surface area (Å²) in [5, 5.41) is -0.884. The van der Waals surface area contributed by atoms with Gasteiger partial charge in [-0.25, -0.2) is 16.8 Å². The lowest BCUT2D eigenvalue weighted by molar-refractivity contribution is 0.304. The molecule has 1 aliphatic carbocycles. The number of hydrogen-bond acceptors (Lipinski definition) is 5. The number of benzene rings is 1. The van der Waals surface area contributed by atoms with Crippen molar-refractivity contribution in [3.8, 4) is 5.75 Å². The van der Waals surface area contributed by atoms with E-state index in [0.29, 0.717) is 12.8 Å². The summed E-state index contributed by atoms with van der Waals surface area (Å²) in [5.74, 6) is 0.282. The predicted octanol–water partition coefficient (Wildman–Crippen LogP) is 2.12. The van der Waals surface area contributed by atoms with Crippen molar-refractivity contribution in [3.05, 3.63) is 23.8 Å². The van der Waals surface area contributed by atoms with Gasteiger partial charge in [-0.3, -0.25) is 0 Å². The first-order valence-electron chi connectivity index (χ1n) is 8.64. The largest absolute Gasteiger partial charge is 0.495 e. The van der Waals surface area contributed by atoms with Crippen molar-refractivity contribution in [2.45, 2.75) is 54.4 Å². The molecule has 0 atom stereocenters. The van der Waals surface area contributed by atoms with Crippen LogP contribution in [-0.2, 0) is 19.9 Å². The Morgan fingerprint density at radius 2 is 1.64 bits per heavy atom. The van der Waals surface area contributed by atoms with Crippen LogP contribution in [0.15, 0.2) is 23.1 Å². The number of ether oxygens (including phenoxy) is 1. The van der Waals surface area contributed by atoms with E-state index in [1.807, 2.05) is 6.92 Å². The number of sulfone groups is 1. The molecule has 1 aromatic carbocycles. The van der Waals surface area contributed by atoms with Gasteiger partial charge in [-0.05, 0) is 37.5 Å². The Balaban J connectivity index is 1.76.